The number of halogens is 1. The second kappa shape index (κ2) is 9.50. The summed E-state index contributed by atoms with van der Waals surface area (Å²) in [6.45, 7) is 3.99. The molecule has 1 amide bonds. The van der Waals surface area contributed by atoms with Gasteiger partial charge < -0.3 is 5.32 Å². The largest absolute Gasteiger partial charge is 0.325 e. The average Bonchev–Trinajstić information content (AvgIpc) is 2.94. The van der Waals surface area contributed by atoms with Gasteiger partial charge in [-0.1, -0.05) is 54.1 Å². The Labute approximate surface area is 191 Å². The van der Waals surface area contributed by atoms with Gasteiger partial charge in [0.25, 0.3) is 0 Å². The van der Waals surface area contributed by atoms with Gasteiger partial charge in [0.15, 0.2) is 0 Å². The van der Waals surface area contributed by atoms with Crippen molar-refractivity contribution in [2.24, 2.45) is 9.98 Å². The Morgan fingerprint density at radius 3 is 2.35 bits per heavy atom. The summed E-state index contributed by atoms with van der Waals surface area (Å²) in [6, 6.07) is 21.4. The molecule has 6 heteroatoms. The molecule has 0 aliphatic carbocycles. The first-order valence-corrected chi connectivity index (χ1v) is 11.3. The molecule has 31 heavy (non-hydrogen) atoms. The van der Waals surface area contributed by atoms with Crippen molar-refractivity contribution in [3.8, 4) is 0 Å². The molecule has 1 aliphatic heterocycles. The Hall–Kier alpha value is -2.89. The number of para-hydroxylation sites is 3. The Bertz CT molecular complexity index is 1180. The number of carbonyl (C=O) groups is 1. The maximum Gasteiger partial charge on any atom is 0.234 e. The third kappa shape index (κ3) is 5.24. The van der Waals surface area contributed by atoms with Gasteiger partial charge in [0.2, 0.25) is 5.91 Å². The molecule has 0 fully saturated rings. The molecule has 0 atom stereocenters. The number of benzene rings is 3. The third-order valence-corrected chi connectivity index (χ3v) is 6.18. The summed E-state index contributed by atoms with van der Waals surface area (Å²) in [5, 5.41) is 4.55. The summed E-state index contributed by atoms with van der Waals surface area (Å²) in [5.41, 5.74) is 6.43. The number of nitrogens with one attached hydrogen (secondary N) is 1. The fraction of sp³-hybridized carbons (Fsp3) is 0.160. The zero-order valence-electron chi connectivity index (χ0n) is 17.4. The molecule has 0 radical (unpaired) electrons. The van der Waals surface area contributed by atoms with Crippen molar-refractivity contribution in [1.29, 1.82) is 0 Å². The van der Waals surface area contributed by atoms with Crippen LogP contribution in [-0.4, -0.2) is 22.4 Å². The molecule has 3 aromatic carbocycles. The van der Waals surface area contributed by atoms with Crippen LogP contribution in [0.3, 0.4) is 0 Å². The van der Waals surface area contributed by atoms with E-state index in [4.69, 9.17) is 21.6 Å². The average molecular weight is 448 g/mol. The predicted molar refractivity (Wildman–Crippen MR) is 133 cm³/mol. The van der Waals surface area contributed by atoms with E-state index in [0.29, 0.717) is 11.4 Å². The van der Waals surface area contributed by atoms with E-state index >= 15 is 0 Å². The summed E-state index contributed by atoms with van der Waals surface area (Å²) < 4.78 is 0. The van der Waals surface area contributed by atoms with E-state index in [0.717, 1.165) is 44.5 Å². The van der Waals surface area contributed by atoms with E-state index in [1.807, 2.05) is 80.6 Å². The van der Waals surface area contributed by atoms with Gasteiger partial charge in [0.05, 0.1) is 27.9 Å². The van der Waals surface area contributed by atoms with Crippen molar-refractivity contribution in [1.82, 2.24) is 0 Å². The molecule has 0 unspecified atom stereocenters. The number of aryl methyl sites for hydroxylation is 2. The number of rotatable bonds is 4. The van der Waals surface area contributed by atoms with Gasteiger partial charge in [0, 0.05) is 17.1 Å². The molecule has 3 aromatic rings. The first-order valence-electron chi connectivity index (χ1n) is 9.98. The highest BCUT2D eigenvalue weighted by Crippen LogP contribution is 2.33. The van der Waals surface area contributed by atoms with E-state index in [2.05, 4.69) is 5.32 Å². The van der Waals surface area contributed by atoms with Gasteiger partial charge in [-0.15, -0.1) is 11.8 Å². The quantitative estimate of drug-likeness (QED) is 0.473. The van der Waals surface area contributed by atoms with Gasteiger partial charge >= 0.3 is 0 Å². The van der Waals surface area contributed by atoms with Crippen molar-refractivity contribution in [3.63, 3.8) is 0 Å². The van der Waals surface area contributed by atoms with Crippen LogP contribution in [0.15, 0.2) is 76.7 Å². The topological polar surface area (TPSA) is 53.8 Å². The number of anilines is 1. The fourth-order valence-electron chi connectivity index (χ4n) is 3.41. The first-order chi connectivity index (χ1) is 15.0. The lowest BCUT2D eigenvalue weighted by Crippen LogP contribution is -2.17. The van der Waals surface area contributed by atoms with Crippen LogP contribution in [0, 0.1) is 13.8 Å². The highest BCUT2D eigenvalue weighted by Gasteiger charge is 2.17. The standard InChI is InChI=1S/C25H22ClN3OS/c1-16-7-5-8-17(2)25(16)29-23(30)15-31-24-14-22(18-9-6-10-19(26)13-18)27-20-11-3-4-12-21(20)28-24/h3-13H,14-15H2,1-2H3,(H,29,30). The Kier molecular flexibility index (Phi) is 6.54. The Morgan fingerprint density at radius 1 is 0.968 bits per heavy atom. The second-order valence-corrected chi connectivity index (χ2v) is 8.83. The minimum Gasteiger partial charge on any atom is -0.325 e. The van der Waals surface area contributed by atoms with Crippen LogP contribution >= 0.6 is 23.4 Å². The van der Waals surface area contributed by atoms with Crippen LogP contribution in [0.5, 0.6) is 0 Å². The first kappa shape index (κ1) is 21.3. The Balaban J connectivity index is 1.55. The van der Waals surface area contributed by atoms with Crippen LogP contribution in [0.25, 0.3) is 0 Å². The molecule has 156 valence electrons. The minimum absolute atomic E-state index is 0.0520. The monoisotopic (exact) mass is 447 g/mol. The molecule has 1 N–H and O–H groups in total. The SMILES string of the molecule is Cc1cccc(C)c1NC(=O)CSC1=Nc2ccccc2N=C(c2cccc(Cl)c2)C1. The van der Waals surface area contributed by atoms with Crippen LogP contribution in [0.1, 0.15) is 23.1 Å². The number of amides is 1. The number of aliphatic imine (C=N–C) groups is 2. The van der Waals surface area contributed by atoms with Crippen molar-refractivity contribution >= 4 is 57.1 Å². The Morgan fingerprint density at radius 2 is 1.65 bits per heavy atom. The molecular weight excluding hydrogens is 426 g/mol. The molecule has 0 saturated heterocycles. The molecule has 0 saturated carbocycles. The molecule has 1 heterocycles. The van der Waals surface area contributed by atoms with E-state index < -0.39 is 0 Å². The van der Waals surface area contributed by atoms with Crippen LogP contribution in [0.2, 0.25) is 5.02 Å². The highest BCUT2D eigenvalue weighted by atomic mass is 35.5. The zero-order chi connectivity index (χ0) is 21.8. The number of thioether (sulfide) groups is 1. The van der Waals surface area contributed by atoms with Crippen LogP contribution in [0.4, 0.5) is 17.1 Å². The lowest BCUT2D eigenvalue weighted by atomic mass is 10.1. The van der Waals surface area contributed by atoms with Crippen LogP contribution in [-0.2, 0) is 4.79 Å². The van der Waals surface area contributed by atoms with Gasteiger partial charge in [-0.25, -0.2) is 4.99 Å². The minimum atomic E-state index is -0.0520. The predicted octanol–water partition coefficient (Wildman–Crippen LogP) is 6.88. The summed E-state index contributed by atoms with van der Waals surface area (Å²) in [4.78, 5) is 22.3. The van der Waals surface area contributed by atoms with Gasteiger partial charge in [-0.05, 0) is 54.8 Å². The number of nitrogens with zero attached hydrogens (tertiary/aromatic N) is 2. The van der Waals surface area contributed by atoms with E-state index in [1.165, 1.54) is 11.8 Å². The summed E-state index contributed by atoms with van der Waals surface area (Å²) >= 11 is 7.64. The van der Waals surface area contributed by atoms with E-state index in [9.17, 15) is 4.79 Å². The summed E-state index contributed by atoms with van der Waals surface area (Å²) in [6.07, 6.45) is 0.538. The molecular formula is C25H22ClN3OS. The molecule has 0 aromatic heterocycles. The number of fused-ring (bicyclic) bond motifs is 1. The van der Waals surface area contributed by atoms with Crippen molar-refractivity contribution in [2.75, 3.05) is 11.1 Å². The zero-order valence-corrected chi connectivity index (χ0v) is 18.9. The van der Waals surface area contributed by atoms with Crippen LogP contribution < -0.4 is 5.32 Å². The van der Waals surface area contributed by atoms with E-state index in [-0.39, 0.29) is 11.7 Å². The van der Waals surface area contributed by atoms with Gasteiger partial charge in [-0.2, -0.15) is 0 Å². The number of hydrogen-bond acceptors (Lipinski definition) is 4. The fourth-order valence-corrected chi connectivity index (χ4v) is 4.37. The van der Waals surface area contributed by atoms with Gasteiger partial charge in [-0.3, -0.25) is 9.79 Å². The van der Waals surface area contributed by atoms with Crippen molar-refractivity contribution in [2.45, 2.75) is 20.3 Å². The smallest absolute Gasteiger partial charge is 0.234 e. The highest BCUT2D eigenvalue weighted by molar-refractivity contribution is 8.14. The van der Waals surface area contributed by atoms with E-state index in [1.54, 1.807) is 0 Å². The lowest BCUT2D eigenvalue weighted by molar-refractivity contribution is -0.113. The van der Waals surface area contributed by atoms with Gasteiger partial charge in [0.1, 0.15) is 0 Å². The molecule has 1 aliphatic rings. The molecule has 4 nitrogen and oxygen atoms in total. The molecule has 4 rings (SSSR count). The molecule has 0 spiro atoms. The summed E-state index contributed by atoms with van der Waals surface area (Å²) in [7, 11) is 0. The normalized spacial score (nSPS) is 13.0. The third-order valence-electron chi connectivity index (χ3n) is 4.97. The number of carbonyl (C=O) groups excluding carboxylic acids is 1. The molecule has 0 bridgehead atoms. The van der Waals surface area contributed by atoms with Crippen molar-refractivity contribution < 1.29 is 4.79 Å². The summed E-state index contributed by atoms with van der Waals surface area (Å²) in [5.74, 6) is 0.223. The lowest BCUT2D eigenvalue weighted by Gasteiger charge is -2.12. The number of hydrogen-bond donors (Lipinski definition) is 1. The maximum absolute atomic E-state index is 12.7. The second-order valence-electron chi connectivity index (χ2n) is 7.34. The van der Waals surface area contributed by atoms with Crippen molar-refractivity contribution in [3.05, 3.63) is 88.4 Å². The maximum atomic E-state index is 12.7.